The second-order valence-corrected chi connectivity index (χ2v) is 13.4. The van der Waals surface area contributed by atoms with Crippen molar-refractivity contribution in [2.75, 3.05) is 11.9 Å². The van der Waals surface area contributed by atoms with Gasteiger partial charge in [-0.3, -0.25) is 4.79 Å². The number of hydrogen-bond donors (Lipinski definition) is 2. The zero-order chi connectivity index (χ0) is 34.6. The number of aromatic nitrogens is 2. The van der Waals surface area contributed by atoms with Gasteiger partial charge in [-0.2, -0.15) is 5.10 Å². The monoisotopic (exact) mass is 690 g/mol. The van der Waals surface area contributed by atoms with Gasteiger partial charge in [0.15, 0.2) is 5.82 Å². The number of amides is 2. The van der Waals surface area contributed by atoms with Crippen LogP contribution in [-0.4, -0.2) is 33.9 Å². The first-order chi connectivity index (χ1) is 23.6. The van der Waals surface area contributed by atoms with Crippen LogP contribution in [0.4, 0.5) is 10.6 Å². The van der Waals surface area contributed by atoms with E-state index in [0.717, 1.165) is 27.8 Å². The molecule has 0 unspecified atom stereocenters. The number of fused-ring (bicyclic) bond motifs is 1. The number of nitrogens with one attached hydrogen (secondary N) is 2. The van der Waals surface area contributed by atoms with Crippen LogP contribution in [0, 0.1) is 0 Å². The van der Waals surface area contributed by atoms with E-state index in [1.807, 2.05) is 77.5 Å². The molecule has 0 fully saturated rings. The number of rotatable bonds is 9. The van der Waals surface area contributed by atoms with Crippen LogP contribution in [0.5, 0.6) is 0 Å². The molecule has 1 heterocycles. The Bertz CT molecular complexity index is 1980. The fraction of sp³-hybridized carbons (Fsp3) is 0.175. The van der Waals surface area contributed by atoms with Crippen LogP contribution in [-0.2, 0) is 15.1 Å². The van der Waals surface area contributed by atoms with E-state index in [1.165, 1.54) is 0 Å². The van der Waals surface area contributed by atoms with Gasteiger partial charge >= 0.3 is 6.09 Å². The molecule has 248 valence electrons. The van der Waals surface area contributed by atoms with Crippen molar-refractivity contribution in [3.05, 3.63) is 154 Å². The van der Waals surface area contributed by atoms with Gasteiger partial charge in [-0.1, -0.05) is 126 Å². The summed E-state index contributed by atoms with van der Waals surface area (Å²) in [6.07, 6.45) is -0.583. The Kier molecular flexibility index (Phi) is 9.77. The van der Waals surface area contributed by atoms with Gasteiger partial charge in [-0.05, 0) is 67.3 Å². The Morgan fingerprint density at radius 3 is 1.78 bits per heavy atom. The highest BCUT2D eigenvalue weighted by molar-refractivity contribution is 6.39. The number of halogens is 2. The van der Waals surface area contributed by atoms with Crippen LogP contribution >= 0.6 is 23.2 Å². The largest absolute Gasteiger partial charge is 0.444 e. The van der Waals surface area contributed by atoms with Gasteiger partial charge in [0.2, 0.25) is 5.91 Å². The molecular formula is C40H36Cl2N4O3. The lowest BCUT2D eigenvalue weighted by atomic mass is 9.77. The predicted octanol–water partition coefficient (Wildman–Crippen LogP) is 9.70. The first-order valence-electron chi connectivity index (χ1n) is 16.0. The minimum Gasteiger partial charge on any atom is -0.444 e. The number of benzene rings is 5. The van der Waals surface area contributed by atoms with Gasteiger partial charge < -0.3 is 15.4 Å². The maximum atomic E-state index is 13.5. The third-order valence-electron chi connectivity index (χ3n) is 8.10. The maximum Gasteiger partial charge on any atom is 0.407 e. The lowest BCUT2D eigenvalue weighted by molar-refractivity contribution is -0.116. The summed E-state index contributed by atoms with van der Waals surface area (Å²) in [4.78, 5) is 25.7. The van der Waals surface area contributed by atoms with Crippen LogP contribution in [0.2, 0.25) is 10.0 Å². The molecule has 2 N–H and O–H groups in total. The first kappa shape index (κ1) is 33.8. The molecule has 0 aliphatic heterocycles. The van der Waals surface area contributed by atoms with E-state index in [0.29, 0.717) is 26.8 Å². The molecule has 0 bridgehead atoms. The third kappa shape index (κ3) is 7.05. The molecule has 0 aliphatic rings. The van der Waals surface area contributed by atoms with Gasteiger partial charge in [0.05, 0.1) is 5.52 Å². The number of anilines is 1. The summed E-state index contributed by atoms with van der Waals surface area (Å²) in [6, 6.07) is 41.9. The molecule has 9 heteroatoms. The van der Waals surface area contributed by atoms with E-state index in [-0.39, 0.29) is 18.9 Å². The summed E-state index contributed by atoms with van der Waals surface area (Å²) in [5, 5.41) is 12.6. The number of alkyl carbamates (subject to hydrolysis) is 1. The fourth-order valence-electron chi connectivity index (χ4n) is 6.09. The third-order valence-corrected chi connectivity index (χ3v) is 8.73. The van der Waals surface area contributed by atoms with E-state index < -0.39 is 17.2 Å². The number of carbonyl (C=O) groups excluding carboxylic acids is 2. The minimum atomic E-state index is -0.938. The zero-order valence-corrected chi connectivity index (χ0v) is 28.9. The molecule has 0 saturated carbocycles. The Hall–Kier alpha value is -5.11. The smallest absolute Gasteiger partial charge is 0.407 e. The molecule has 0 aliphatic carbocycles. The molecule has 0 spiro atoms. The van der Waals surface area contributed by atoms with Gasteiger partial charge in [0.25, 0.3) is 0 Å². The van der Waals surface area contributed by atoms with Crippen molar-refractivity contribution in [2.24, 2.45) is 0 Å². The summed E-state index contributed by atoms with van der Waals surface area (Å²) < 4.78 is 7.30. The van der Waals surface area contributed by atoms with Gasteiger partial charge in [-0.15, -0.1) is 0 Å². The number of carbonyl (C=O) groups is 2. The zero-order valence-electron chi connectivity index (χ0n) is 27.4. The molecule has 0 radical (unpaired) electrons. The van der Waals surface area contributed by atoms with Crippen LogP contribution < -0.4 is 10.6 Å². The van der Waals surface area contributed by atoms with Crippen LogP contribution in [0.15, 0.2) is 127 Å². The highest BCUT2D eigenvalue weighted by Crippen LogP contribution is 2.45. The van der Waals surface area contributed by atoms with E-state index in [9.17, 15) is 9.59 Å². The van der Waals surface area contributed by atoms with Crippen molar-refractivity contribution in [3.8, 4) is 11.1 Å². The van der Waals surface area contributed by atoms with Crippen molar-refractivity contribution in [1.29, 1.82) is 0 Å². The molecule has 1 aromatic heterocycles. The summed E-state index contributed by atoms with van der Waals surface area (Å²) in [6.45, 7) is 5.43. The highest BCUT2D eigenvalue weighted by atomic mass is 35.5. The molecule has 0 atom stereocenters. The SMILES string of the molecule is CC(C)(C)OC(=O)NCCC(=O)Nc1nn(C(c2ccccc2)(c2ccccc2)c2ccccc2)c2ccc(-c3c(Cl)cccc3Cl)cc12. The number of nitrogens with zero attached hydrogens (tertiary/aromatic N) is 2. The van der Waals surface area contributed by atoms with E-state index in [4.69, 9.17) is 33.0 Å². The van der Waals surface area contributed by atoms with Gasteiger partial charge in [0, 0.05) is 34.0 Å². The van der Waals surface area contributed by atoms with Crippen molar-refractivity contribution in [2.45, 2.75) is 38.3 Å². The number of ether oxygens (including phenoxy) is 1. The van der Waals surface area contributed by atoms with Crippen LogP contribution in [0.3, 0.4) is 0 Å². The normalized spacial score (nSPS) is 11.7. The van der Waals surface area contributed by atoms with Crippen LogP contribution in [0.25, 0.3) is 22.0 Å². The van der Waals surface area contributed by atoms with Crippen LogP contribution in [0.1, 0.15) is 43.9 Å². The standard InChI is InChI=1S/C40H36Cl2N4O3/c1-39(2,3)49-38(48)43-25-24-35(47)44-37-31-26-27(36-32(41)20-13-21-33(36)42)22-23-34(31)46(45-37)40(28-14-7-4-8-15-28,29-16-9-5-10-17-29)30-18-11-6-12-19-30/h4-23,26H,24-25H2,1-3H3,(H,43,48)(H,44,45,47). The molecular weight excluding hydrogens is 655 g/mol. The minimum absolute atomic E-state index is 0.00479. The van der Waals surface area contributed by atoms with E-state index in [2.05, 4.69) is 47.0 Å². The summed E-state index contributed by atoms with van der Waals surface area (Å²) in [5.41, 5.74) is 3.58. The Balaban J connectivity index is 1.54. The summed E-state index contributed by atoms with van der Waals surface area (Å²) in [5.74, 6) is 0.0305. The first-order valence-corrected chi connectivity index (χ1v) is 16.7. The maximum absolute atomic E-state index is 13.5. The molecule has 7 nitrogen and oxygen atoms in total. The van der Waals surface area contributed by atoms with Gasteiger partial charge in [0.1, 0.15) is 11.1 Å². The predicted molar refractivity (Wildman–Crippen MR) is 197 cm³/mol. The second-order valence-electron chi connectivity index (χ2n) is 12.6. The van der Waals surface area contributed by atoms with E-state index >= 15 is 0 Å². The molecule has 0 saturated heterocycles. The Labute approximate surface area is 295 Å². The highest BCUT2D eigenvalue weighted by Gasteiger charge is 2.41. The fourth-order valence-corrected chi connectivity index (χ4v) is 6.70. The van der Waals surface area contributed by atoms with Gasteiger partial charge in [-0.25, -0.2) is 9.48 Å². The van der Waals surface area contributed by atoms with Crippen molar-refractivity contribution >= 4 is 51.9 Å². The average molecular weight is 692 g/mol. The Morgan fingerprint density at radius 1 is 0.735 bits per heavy atom. The van der Waals surface area contributed by atoms with Crippen molar-refractivity contribution in [1.82, 2.24) is 15.1 Å². The molecule has 6 aromatic rings. The average Bonchev–Trinajstić information content (AvgIpc) is 3.43. The number of hydrogen-bond acceptors (Lipinski definition) is 4. The summed E-state index contributed by atoms with van der Waals surface area (Å²) >= 11 is 13.3. The lowest BCUT2D eigenvalue weighted by Crippen LogP contribution is -2.38. The molecule has 5 aromatic carbocycles. The summed E-state index contributed by atoms with van der Waals surface area (Å²) in [7, 11) is 0. The van der Waals surface area contributed by atoms with Crippen molar-refractivity contribution in [3.63, 3.8) is 0 Å². The van der Waals surface area contributed by atoms with Crippen molar-refractivity contribution < 1.29 is 14.3 Å². The van der Waals surface area contributed by atoms with E-state index in [1.54, 1.807) is 39.0 Å². The molecule has 49 heavy (non-hydrogen) atoms. The molecule has 6 rings (SSSR count). The molecule has 2 amide bonds. The quantitative estimate of drug-likeness (QED) is 0.148. The lowest BCUT2D eigenvalue weighted by Gasteiger charge is -2.37. The topological polar surface area (TPSA) is 85.2 Å². The Morgan fingerprint density at radius 2 is 1.27 bits per heavy atom. The second kappa shape index (κ2) is 14.2.